The maximum Gasteiger partial charge on any atom is 0.344 e. The quantitative estimate of drug-likeness (QED) is 0.163. The molecule has 0 bridgehead atoms. The Morgan fingerprint density at radius 2 is 1.82 bits per heavy atom. The fourth-order valence-corrected chi connectivity index (χ4v) is 5.06. The molecule has 38 heavy (non-hydrogen) atoms. The second-order valence-electron chi connectivity index (χ2n) is 8.66. The third-order valence-corrected chi connectivity index (χ3v) is 6.82. The molecule has 0 saturated carbocycles. The van der Waals surface area contributed by atoms with Gasteiger partial charge in [-0.15, -0.1) is 5.10 Å². The summed E-state index contributed by atoms with van der Waals surface area (Å²) < 4.78 is 13.4. The lowest BCUT2D eigenvalue weighted by molar-refractivity contribution is -0.384. The third-order valence-electron chi connectivity index (χ3n) is 6.49. The van der Waals surface area contributed by atoms with Crippen LogP contribution in [0.5, 0.6) is 11.6 Å². The Bertz CT molecular complexity index is 2000. The van der Waals surface area contributed by atoms with Crippen LogP contribution in [-0.4, -0.2) is 24.5 Å². The summed E-state index contributed by atoms with van der Waals surface area (Å²) in [4.78, 5) is 33.8. The van der Waals surface area contributed by atoms with Gasteiger partial charge in [0.1, 0.15) is 11.9 Å². The molecule has 4 heterocycles. The van der Waals surface area contributed by atoms with Gasteiger partial charge in [-0.05, 0) is 29.8 Å². The first-order valence-corrected chi connectivity index (χ1v) is 11.9. The first-order valence-electron chi connectivity index (χ1n) is 11.5. The van der Waals surface area contributed by atoms with Gasteiger partial charge >= 0.3 is 5.63 Å². The van der Waals surface area contributed by atoms with Crippen molar-refractivity contribution in [1.82, 2.24) is 19.6 Å². The van der Waals surface area contributed by atoms with Crippen molar-refractivity contribution in [2.45, 2.75) is 5.92 Å². The highest BCUT2D eigenvalue weighted by atomic mass is 35.5. The molecule has 0 saturated heterocycles. The van der Waals surface area contributed by atoms with E-state index < -0.39 is 16.5 Å². The third kappa shape index (κ3) is 3.27. The van der Waals surface area contributed by atoms with E-state index in [1.165, 1.54) is 23.0 Å². The van der Waals surface area contributed by atoms with E-state index in [0.29, 0.717) is 44.2 Å². The van der Waals surface area contributed by atoms with Crippen molar-refractivity contribution in [2.75, 3.05) is 0 Å². The van der Waals surface area contributed by atoms with Crippen molar-refractivity contribution in [3.63, 3.8) is 0 Å². The monoisotopic (exact) mass is 523 g/mol. The van der Waals surface area contributed by atoms with Crippen LogP contribution in [0.2, 0.25) is 5.02 Å². The molecule has 10 nitrogen and oxygen atoms in total. The Morgan fingerprint density at radius 3 is 2.66 bits per heavy atom. The molecule has 184 valence electrons. The minimum Gasteiger partial charge on any atom is -0.437 e. The van der Waals surface area contributed by atoms with Crippen molar-refractivity contribution >= 4 is 33.9 Å². The predicted molar refractivity (Wildman–Crippen MR) is 138 cm³/mol. The second kappa shape index (κ2) is 8.22. The molecule has 1 unspecified atom stereocenters. The summed E-state index contributed by atoms with van der Waals surface area (Å²) in [6.07, 6.45) is 1.46. The summed E-state index contributed by atoms with van der Waals surface area (Å²) in [6, 6.07) is 20.2. The molecule has 1 aliphatic heterocycles. The van der Waals surface area contributed by atoms with Crippen molar-refractivity contribution in [3.8, 4) is 23.0 Å². The average molecular weight is 524 g/mol. The van der Waals surface area contributed by atoms with E-state index in [0.717, 1.165) is 0 Å². The SMILES string of the molecule is O=c1oc2ccccc2c2c1C(c1cccc([N+](=O)[O-])c1)c1c(ncn3nc(-c4ccccc4Cl)nc13)O2. The van der Waals surface area contributed by atoms with E-state index in [9.17, 15) is 14.9 Å². The molecule has 3 aromatic carbocycles. The summed E-state index contributed by atoms with van der Waals surface area (Å²) in [7, 11) is 0. The molecule has 0 radical (unpaired) electrons. The van der Waals surface area contributed by atoms with Crippen molar-refractivity contribution in [3.05, 3.63) is 121 Å². The van der Waals surface area contributed by atoms with E-state index in [1.807, 2.05) is 6.07 Å². The van der Waals surface area contributed by atoms with Crippen LogP contribution in [-0.2, 0) is 0 Å². The number of rotatable bonds is 3. The molecule has 0 amide bonds. The predicted octanol–water partition coefficient (Wildman–Crippen LogP) is 5.75. The van der Waals surface area contributed by atoms with Gasteiger partial charge in [-0.1, -0.05) is 48.0 Å². The van der Waals surface area contributed by atoms with Crippen LogP contribution in [0.25, 0.3) is 28.0 Å². The molecule has 0 fully saturated rings. The molecule has 1 atom stereocenters. The Balaban J connectivity index is 1.56. The molecule has 0 N–H and O–H groups in total. The van der Waals surface area contributed by atoms with Crippen molar-refractivity contribution in [2.24, 2.45) is 0 Å². The molecule has 11 heteroatoms. The van der Waals surface area contributed by atoms with Gasteiger partial charge < -0.3 is 9.15 Å². The Labute approximate surface area is 217 Å². The molecule has 6 aromatic rings. The highest BCUT2D eigenvalue weighted by Crippen LogP contribution is 2.49. The standard InChI is InChI=1S/C27H14ClN5O5/c28-18-10-3-1-8-16(18)24-30-25-22-20(14-6-5-7-15(12-14)33(35)36)21-23(38-26(22)29-13-32(25)31-24)17-9-2-4-11-19(17)37-27(21)34/h1-13,20H. The largest absolute Gasteiger partial charge is 0.437 e. The first kappa shape index (κ1) is 22.1. The van der Waals surface area contributed by atoms with Gasteiger partial charge in [0.2, 0.25) is 5.88 Å². The molecular formula is C27H14ClN5O5. The van der Waals surface area contributed by atoms with Crippen LogP contribution in [0, 0.1) is 10.1 Å². The summed E-state index contributed by atoms with van der Waals surface area (Å²) >= 11 is 6.40. The zero-order valence-electron chi connectivity index (χ0n) is 19.2. The fourth-order valence-electron chi connectivity index (χ4n) is 4.84. The van der Waals surface area contributed by atoms with Crippen LogP contribution in [0.3, 0.4) is 0 Å². The topological polar surface area (TPSA) is 126 Å². The van der Waals surface area contributed by atoms with Gasteiger partial charge in [-0.25, -0.2) is 19.3 Å². The smallest absolute Gasteiger partial charge is 0.344 e. The lowest BCUT2D eigenvalue weighted by Crippen LogP contribution is -2.22. The highest BCUT2D eigenvalue weighted by Gasteiger charge is 2.38. The number of nitrogens with zero attached hydrogens (tertiary/aromatic N) is 5. The number of para-hydroxylation sites is 1. The number of fused-ring (bicyclic) bond motifs is 6. The lowest BCUT2D eigenvalue weighted by Gasteiger charge is -2.27. The summed E-state index contributed by atoms with van der Waals surface area (Å²) in [5, 5.41) is 17.2. The molecule has 1 aliphatic rings. The van der Waals surface area contributed by atoms with E-state index in [1.54, 1.807) is 54.6 Å². The summed E-state index contributed by atoms with van der Waals surface area (Å²) in [5.41, 5.74) is 1.66. The first-order chi connectivity index (χ1) is 18.5. The maximum atomic E-state index is 13.4. The lowest BCUT2D eigenvalue weighted by atomic mass is 9.84. The van der Waals surface area contributed by atoms with Crippen molar-refractivity contribution in [1.29, 1.82) is 0 Å². The maximum absolute atomic E-state index is 13.4. The van der Waals surface area contributed by atoms with Gasteiger partial charge in [0, 0.05) is 17.7 Å². The molecule has 3 aromatic heterocycles. The normalized spacial score (nSPS) is 14.2. The number of nitro groups is 1. The molecule has 0 spiro atoms. The van der Waals surface area contributed by atoms with Crippen LogP contribution in [0.4, 0.5) is 5.69 Å². The number of halogens is 1. The molecule has 0 aliphatic carbocycles. The number of hydrogen-bond acceptors (Lipinski definition) is 8. The van der Waals surface area contributed by atoms with Gasteiger partial charge in [0.15, 0.2) is 17.2 Å². The zero-order chi connectivity index (χ0) is 26.0. The Morgan fingerprint density at radius 1 is 1.00 bits per heavy atom. The second-order valence-corrected chi connectivity index (χ2v) is 9.07. The van der Waals surface area contributed by atoms with Gasteiger partial charge in [0.25, 0.3) is 5.69 Å². The number of ether oxygens (including phenoxy) is 1. The number of benzene rings is 3. The molecule has 7 rings (SSSR count). The average Bonchev–Trinajstić information content (AvgIpc) is 3.37. The van der Waals surface area contributed by atoms with Crippen LogP contribution in [0.15, 0.2) is 88.3 Å². The van der Waals surface area contributed by atoms with E-state index in [2.05, 4.69) is 10.1 Å². The van der Waals surface area contributed by atoms with Gasteiger partial charge in [0.05, 0.1) is 32.4 Å². The number of aromatic nitrogens is 4. The molecular weight excluding hydrogens is 510 g/mol. The van der Waals surface area contributed by atoms with Crippen molar-refractivity contribution < 1.29 is 14.1 Å². The van der Waals surface area contributed by atoms with E-state index >= 15 is 0 Å². The van der Waals surface area contributed by atoms with Crippen LogP contribution >= 0.6 is 11.6 Å². The van der Waals surface area contributed by atoms with Crippen LogP contribution in [0.1, 0.15) is 22.6 Å². The van der Waals surface area contributed by atoms with Gasteiger partial charge in [-0.2, -0.15) is 0 Å². The zero-order valence-corrected chi connectivity index (χ0v) is 20.0. The van der Waals surface area contributed by atoms with E-state index in [4.69, 9.17) is 25.7 Å². The summed E-state index contributed by atoms with van der Waals surface area (Å²) in [5.74, 6) is -0.00662. The highest BCUT2D eigenvalue weighted by molar-refractivity contribution is 6.33. The minimum atomic E-state index is -0.839. The van der Waals surface area contributed by atoms with E-state index in [-0.39, 0.29) is 22.9 Å². The minimum absolute atomic E-state index is 0.125. The Hall–Kier alpha value is -5.09. The number of non-ortho nitro benzene ring substituents is 1. The Kier molecular flexibility index (Phi) is 4.79. The number of nitro benzene ring substituents is 1. The fraction of sp³-hybridized carbons (Fsp3) is 0.0370. The summed E-state index contributed by atoms with van der Waals surface area (Å²) in [6.45, 7) is 0. The number of hydrogen-bond donors (Lipinski definition) is 0. The van der Waals surface area contributed by atoms with Crippen LogP contribution < -0.4 is 10.4 Å². The van der Waals surface area contributed by atoms with Gasteiger partial charge in [-0.3, -0.25) is 10.1 Å².